The number of nitrogens with zero attached hydrogens (tertiary/aromatic N) is 2. The normalized spacial score (nSPS) is 10.9. The Morgan fingerprint density at radius 2 is 2.08 bits per heavy atom. The summed E-state index contributed by atoms with van der Waals surface area (Å²) in [4.78, 5) is 4.64. The largest absolute Gasteiger partial charge is 0.494 e. The van der Waals surface area contributed by atoms with Gasteiger partial charge in [0.1, 0.15) is 5.75 Å². The van der Waals surface area contributed by atoms with Gasteiger partial charge in [-0.1, -0.05) is 12.1 Å². The number of aromatic amines is 1. The summed E-state index contributed by atoms with van der Waals surface area (Å²) in [6.45, 7) is 8.77. The van der Waals surface area contributed by atoms with Crippen molar-refractivity contribution >= 4 is 29.9 Å². The van der Waals surface area contributed by atoms with E-state index in [0.717, 1.165) is 29.5 Å². The lowest BCUT2D eigenvalue weighted by atomic mass is 10.1. The number of hydrogen-bond donors (Lipinski definition) is 3. The maximum Gasteiger partial charge on any atom is 0.191 e. The highest BCUT2D eigenvalue weighted by atomic mass is 127. The Labute approximate surface area is 160 Å². The molecule has 1 heterocycles. The molecule has 0 saturated carbocycles. The third kappa shape index (κ3) is 6.38. The maximum absolute atomic E-state index is 5.71. The Morgan fingerprint density at radius 3 is 2.75 bits per heavy atom. The fraction of sp³-hybridized carbons (Fsp3) is 0.412. The van der Waals surface area contributed by atoms with Crippen LogP contribution in [0.1, 0.15) is 30.7 Å². The van der Waals surface area contributed by atoms with Gasteiger partial charge in [0.15, 0.2) is 5.96 Å². The molecule has 24 heavy (non-hydrogen) atoms. The molecule has 0 saturated heterocycles. The average molecular weight is 443 g/mol. The Bertz CT molecular complexity index is 628. The first kappa shape index (κ1) is 20.3. The minimum Gasteiger partial charge on any atom is -0.494 e. The second-order valence-corrected chi connectivity index (χ2v) is 5.17. The fourth-order valence-electron chi connectivity index (χ4n) is 2.15. The highest BCUT2D eigenvalue weighted by molar-refractivity contribution is 14.0. The molecule has 0 unspecified atom stereocenters. The van der Waals surface area contributed by atoms with Gasteiger partial charge in [0.25, 0.3) is 0 Å². The second-order valence-electron chi connectivity index (χ2n) is 5.17. The predicted octanol–water partition coefficient (Wildman–Crippen LogP) is 2.99. The van der Waals surface area contributed by atoms with Crippen molar-refractivity contribution < 1.29 is 4.74 Å². The van der Waals surface area contributed by atoms with Gasteiger partial charge in [-0.15, -0.1) is 24.0 Å². The number of aliphatic imine (C=N–C) groups is 1. The molecular formula is C17H26IN5O. The zero-order valence-corrected chi connectivity index (χ0v) is 16.8. The van der Waals surface area contributed by atoms with Crippen LogP contribution in [0.15, 0.2) is 35.5 Å². The first-order valence-electron chi connectivity index (χ1n) is 7.95. The Hall–Kier alpha value is -1.77. The van der Waals surface area contributed by atoms with Crippen molar-refractivity contribution in [3.63, 3.8) is 0 Å². The smallest absolute Gasteiger partial charge is 0.191 e. The molecule has 0 atom stereocenters. The topological polar surface area (TPSA) is 74.3 Å². The van der Waals surface area contributed by atoms with Crippen LogP contribution in [0.2, 0.25) is 0 Å². The highest BCUT2D eigenvalue weighted by Crippen LogP contribution is 2.21. The van der Waals surface area contributed by atoms with Gasteiger partial charge in [-0.25, -0.2) is 4.99 Å². The molecule has 0 amide bonds. The summed E-state index contributed by atoms with van der Waals surface area (Å²) in [6, 6.07) is 8.14. The summed E-state index contributed by atoms with van der Waals surface area (Å²) in [5.41, 5.74) is 3.28. The molecular weight excluding hydrogens is 417 g/mol. The van der Waals surface area contributed by atoms with Gasteiger partial charge >= 0.3 is 0 Å². The molecule has 1 aromatic heterocycles. The zero-order chi connectivity index (χ0) is 16.5. The van der Waals surface area contributed by atoms with Crippen LogP contribution < -0.4 is 15.4 Å². The van der Waals surface area contributed by atoms with E-state index in [1.807, 2.05) is 19.9 Å². The monoisotopic (exact) mass is 443 g/mol. The zero-order valence-electron chi connectivity index (χ0n) is 14.4. The summed E-state index contributed by atoms with van der Waals surface area (Å²) in [7, 11) is 0. The molecule has 1 aromatic carbocycles. The van der Waals surface area contributed by atoms with Gasteiger partial charge in [0.2, 0.25) is 0 Å². The van der Waals surface area contributed by atoms with Crippen LogP contribution in [-0.2, 0) is 13.1 Å². The molecule has 132 valence electrons. The number of halogens is 1. The lowest BCUT2D eigenvalue weighted by molar-refractivity contribution is 0.336. The van der Waals surface area contributed by atoms with Crippen molar-refractivity contribution in [1.29, 1.82) is 0 Å². The molecule has 2 rings (SSSR count). The van der Waals surface area contributed by atoms with Gasteiger partial charge in [-0.05, 0) is 38.5 Å². The quantitative estimate of drug-likeness (QED) is 0.350. The SMILES string of the molecule is CCNC(=NCc1ccc(C)cc1OCC)NCc1ccn[nH]1.I. The molecule has 0 aliphatic heterocycles. The Balaban J connectivity index is 0.00000288. The molecule has 0 aliphatic carbocycles. The van der Waals surface area contributed by atoms with Crippen molar-refractivity contribution in [2.24, 2.45) is 4.99 Å². The van der Waals surface area contributed by atoms with Gasteiger partial charge < -0.3 is 15.4 Å². The van der Waals surface area contributed by atoms with Crippen LogP contribution in [0.25, 0.3) is 0 Å². The lowest BCUT2D eigenvalue weighted by Crippen LogP contribution is -2.36. The van der Waals surface area contributed by atoms with Crippen LogP contribution in [0.3, 0.4) is 0 Å². The Morgan fingerprint density at radius 1 is 1.25 bits per heavy atom. The Kier molecular flexibility index (Phi) is 9.21. The fourth-order valence-corrected chi connectivity index (χ4v) is 2.15. The van der Waals surface area contributed by atoms with Crippen molar-refractivity contribution in [3.05, 3.63) is 47.3 Å². The number of ether oxygens (including phenoxy) is 1. The van der Waals surface area contributed by atoms with Gasteiger partial charge in [-0.3, -0.25) is 5.10 Å². The number of nitrogens with one attached hydrogen (secondary N) is 3. The molecule has 0 spiro atoms. The first-order chi connectivity index (χ1) is 11.2. The molecule has 7 heteroatoms. The molecule has 0 radical (unpaired) electrons. The number of aryl methyl sites for hydroxylation is 1. The van der Waals surface area contributed by atoms with Crippen molar-refractivity contribution in [2.45, 2.75) is 33.9 Å². The summed E-state index contributed by atoms with van der Waals surface area (Å²) in [5, 5.41) is 13.4. The molecule has 0 bridgehead atoms. The minimum atomic E-state index is 0. The molecule has 3 N–H and O–H groups in total. The van der Waals surface area contributed by atoms with E-state index in [4.69, 9.17) is 4.74 Å². The molecule has 0 aliphatic rings. The summed E-state index contributed by atoms with van der Waals surface area (Å²) < 4.78 is 5.71. The van der Waals surface area contributed by atoms with Gasteiger partial charge in [-0.2, -0.15) is 5.10 Å². The number of guanidine groups is 1. The summed E-state index contributed by atoms with van der Waals surface area (Å²) in [5.74, 6) is 1.67. The molecule has 0 fully saturated rings. The standard InChI is InChI=1S/C17H25N5O.HI/c1-4-18-17(20-12-15-8-9-21-22-15)19-11-14-7-6-13(3)10-16(14)23-5-2;/h6-10H,4-5,11-12H2,1-3H3,(H,21,22)(H2,18,19,20);1H. The number of H-pyrrole nitrogens is 1. The molecule has 2 aromatic rings. The third-order valence-electron chi connectivity index (χ3n) is 3.28. The molecule has 6 nitrogen and oxygen atoms in total. The van der Waals surface area contributed by atoms with E-state index in [1.165, 1.54) is 5.56 Å². The van der Waals surface area contributed by atoms with E-state index < -0.39 is 0 Å². The highest BCUT2D eigenvalue weighted by Gasteiger charge is 2.05. The third-order valence-corrected chi connectivity index (χ3v) is 3.28. The van der Waals surface area contributed by atoms with E-state index in [2.05, 4.69) is 50.9 Å². The summed E-state index contributed by atoms with van der Waals surface area (Å²) >= 11 is 0. The van der Waals surface area contributed by atoms with E-state index >= 15 is 0 Å². The van der Waals surface area contributed by atoms with Crippen molar-refractivity contribution in [3.8, 4) is 5.75 Å². The van der Waals surface area contributed by atoms with Crippen LogP contribution in [-0.4, -0.2) is 29.3 Å². The average Bonchev–Trinajstić information content (AvgIpc) is 3.05. The number of hydrogen-bond acceptors (Lipinski definition) is 3. The van der Waals surface area contributed by atoms with E-state index in [1.54, 1.807) is 6.20 Å². The first-order valence-corrected chi connectivity index (χ1v) is 7.95. The number of benzene rings is 1. The van der Waals surface area contributed by atoms with E-state index in [0.29, 0.717) is 19.7 Å². The van der Waals surface area contributed by atoms with Crippen LogP contribution in [0.4, 0.5) is 0 Å². The van der Waals surface area contributed by atoms with Crippen molar-refractivity contribution in [1.82, 2.24) is 20.8 Å². The second kappa shape index (κ2) is 10.9. The summed E-state index contributed by atoms with van der Waals surface area (Å²) in [6.07, 6.45) is 1.74. The predicted molar refractivity (Wildman–Crippen MR) is 108 cm³/mol. The lowest BCUT2D eigenvalue weighted by Gasteiger charge is -2.12. The van der Waals surface area contributed by atoms with Crippen LogP contribution in [0, 0.1) is 6.92 Å². The van der Waals surface area contributed by atoms with Gasteiger partial charge in [0, 0.05) is 18.3 Å². The number of aromatic nitrogens is 2. The van der Waals surface area contributed by atoms with Gasteiger partial charge in [0.05, 0.1) is 25.4 Å². The van der Waals surface area contributed by atoms with Crippen molar-refractivity contribution in [2.75, 3.05) is 13.2 Å². The maximum atomic E-state index is 5.71. The van der Waals surface area contributed by atoms with Crippen LogP contribution >= 0.6 is 24.0 Å². The minimum absolute atomic E-state index is 0. The van der Waals surface area contributed by atoms with Crippen LogP contribution in [0.5, 0.6) is 5.75 Å². The van der Waals surface area contributed by atoms with E-state index in [-0.39, 0.29) is 24.0 Å². The number of rotatable bonds is 7. The van der Waals surface area contributed by atoms with E-state index in [9.17, 15) is 0 Å².